The van der Waals surface area contributed by atoms with E-state index in [0.717, 1.165) is 0 Å². The Morgan fingerprint density at radius 2 is 1.79 bits per heavy atom. The van der Waals surface area contributed by atoms with Crippen LogP contribution in [0.25, 0.3) is 11.3 Å². The van der Waals surface area contributed by atoms with Gasteiger partial charge < -0.3 is 14.7 Å². The normalized spacial score (nSPS) is 18.2. The van der Waals surface area contributed by atoms with E-state index in [-0.39, 0.29) is 13.0 Å². The van der Waals surface area contributed by atoms with Crippen molar-refractivity contribution in [2.24, 2.45) is 0 Å². The van der Waals surface area contributed by atoms with Gasteiger partial charge in [-0.2, -0.15) is 0 Å². The molecule has 1 unspecified atom stereocenters. The molecule has 1 heterocycles. The van der Waals surface area contributed by atoms with Crippen molar-refractivity contribution < 1.29 is 9.53 Å². The Morgan fingerprint density at radius 1 is 1.17 bits per heavy atom. The maximum Gasteiger partial charge on any atom is 0.314 e. The first-order chi connectivity index (χ1) is 11.3. The molecule has 3 rings (SSSR count). The van der Waals surface area contributed by atoms with E-state index in [2.05, 4.69) is 9.97 Å². The quantitative estimate of drug-likeness (QED) is 0.643. The Morgan fingerprint density at radius 3 is 2.46 bits per heavy atom. The highest BCUT2D eigenvalue weighted by atomic mass is 35.5. The average Bonchev–Trinajstić information content (AvgIpc) is 2.70. The minimum Gasteiger partial charge on any atom is -0.466 e. The van der Waals surface area contributed by atoms with Crippen LogP contribution in [0, 0.1) is 0 Å². The SMILES string of the molecule is CCOC(=O)CC1(C)c2cc(Cl)c(Cl)cc2-c2[nH]c(=O)c(=O)[nH]c21. The summed E-state index contributed by atoms with van der Waals surface area (Å²) in [5.74, 6) is -0.420. The summed E-state index contributed by atoms with van der Waals surface area (Å²) >= 11 is 12.2. The summed E-state index contributed by atoms with van der Waals surface area (Å²) in [6.45, 7) is 3.75. The molecule has 1 atom stereocenters. The molecule has 0 bridgehead atoms. The number of benzene rings is 1. The molecule has 0 radical (unpaired) electrons. The summed E-state index contributed by atoms with van der Waals surface area (Å²) in [6.07, 6.45) is -0.0131. The van der Waals surface area contributed by atoms with Crippen molar-refractivity contribution in [1.82, 2.24) is 9.97 Å². The summed E-state index contributed by atoms with van der Waals surface area (Å²) in [6, 6.07) is 3.26. The van der Waals surface area contributed by atoms with E-state index in [4.69, 9.17) is 27.9 Å². The third-order valence-corrected chi connectivity index (χ3v) is 4.93. The molecule has 126 valence electrons. The van der Waals surface area contributed by atoms with Gasteiger partial charge in [-0.15, -0.1) is 0 Å². The number of ether oxygens (including phenoxy) is 1. The van der Waals surface area contributed by atoms with E-state index in [9.17, 15) is 14.4 Å². The van der Waals surface area contributed by atoms with Crippen LogP contribution < -0.4 is 11.1 Å². The largest absolute Gasteiger partial charge is 0.466 e. The van der Waals surface area contributed by atoms with Crippen molar-refractivity contribution in [2.75, 3.05) is 6.61 Å². The standard InChI is InChI=1S/C16H14Cl2N2O4/c1-3-24-11(21)6-16(2)8-5-10(18)9(17)4-7(8)12-13(16)20-15(23)14(22)19-12/h4-5H,3,6H2,1-2H3,(H,19,22)(H,20,23). The van der Waals surface area contributed by atoms with Crippen LogP contribution in [-0.2, 0) is 14.9 Å². The van der Waals surface area contributed by atoms with Crippen molar-refractivity contribution >= 4 is 29.2 Å². The van der Waals surface area contributed by atoms with Gasteiger partial charge in [-0.1, -0.05) is 23.2 Å². The number of H-pyrrole nitrogens is 2. The molecule has 1 aliphatic carbocycles. The first-order valence-electron chi connectivity index (χ1n) is 7.30. The van der Waals surface area contributed by atoms with Gasteiger partial charge in [0.05, 0.1) is 34.5 Å². The molecule has 1 aromatic heterocycles. The molecule has 2 aromatic rings. The fraction of sp³-hybridized carbons (Fsp3) is 0.312. The molecule has 0 saturated heterocycles. The molecule has 0 fully saturated rings. The molecule has 1 aliphatic rings. The van der Waals surface area contributed by atoms with Crippen LogP contribution in [0.1, 0.15) is 31.5 Å². The molecule has 1 aromatic carbocycles. The fourth-order valence-electron chi connectivity index (χ4n) is 3.11. The Balaban J connectivity index is 2.30. The number of carbonyl (C=O) groups is 1. The van der Waals surface area contributed by atoms with Crippen LogP contribution in [-0.4, -0.2) is 22.5 Å². The number of esters is 1. The topological polar surface area (TPSA) is 92.0 Å². The van der Waals surface area contributed by atoms with Crippen LogP contribution in [0.3, 0.4) is 0 Å². The van der Waals surface area contributed by atoms with Gasteiger partial charge in [0.2, 0.25) is 0 Å². The Bertz CT molecular complexity index is 964. The predicted octanol–water partition coefficient (Wildman–Crippen LogP) is 2.61. The van der Waals surface area contributed by atoms with Crippen LogP contribution in [0.4, 0.5) is 0 Å². The number of halogens is 2. The maximum atomic E-state index is 12.1. The molecule has 0 spiro atoms. The third-order valence-electron chi connectivity index (χ3n) is 4.21. The van der Waals surface area contributed by atoms with Crippen molar-refractivity contribution in [3.63, 3.8) is 0 Å². The number of aromatic amines is 2. The van der Waals surface area contributed by atoms with E-state index in [1.165, 1.54) is 0 Å². The molecular formula is C16H14Cl2N2O4. The zero-order chi connectivity index (χ0) is 17.6. The van der Waals surface area contributed by atoms with Gasteiger partial charge in [0.1, 0.15) is 0 Å². The minimum atomic E-state index is -0.894. The zero-order valence-electron chi connectivity index (χ0n) is 13.0. The van der Waals surface area contributed by atoms with Crippen LogP contribution in [0.5, 0.6) is 0 Å². The predicted molar refractivity (Wildman–Crippen MR) is 90.8 cm³/mol. The van der Waals surface area contributed by atoms with Crippen molar-refractivity contribution in [3.05, 3.63) is 54.1 Å². The number of fused-ring (bicyclic) bond motifs is 3. The minimum absolute atomic E-state index is 0.0131. The summed E-state index contributed by atoms with van der Waals surface area (Å²) in [4.78, 5) is 40.8. The average molecular weight is 369 g/mol. The van der Waals surface area contributed by atoms with Crippen molar-refractivity contribution in [1.29, 1.82) is 0 Å². The molecule has 6 nitrogen and oxygen atoms in total. The number of aromatic nitrogens is 2. The lowest BCUT2D eigenvalue weighted by atomic mass is 9.80. The molecule has 2 N–H and O–H groups in total. The monoisotopic (exact) mass is 368 g/mol. The second-order valence-electron chi connectivity index (χ2n) is 5.78. The Hall–Kier alpha value is -2.05. The van der Waals surface area contributed by atoms with E-state index in [1.54, 1.807) is 26.0 Å². The number of hydrogen-bond acceptors (Lipinski definition) is 4. The third kappa shape index (κ3) is 2.46. The first kappa shape index (κ1) is 16.8. The molecule has 8 heteroatoms. The van der Waals surface area contributed by atoms with E-state index in [1.807, 2.05) is 0 Å². The van der Waals surface area contributed by atoms with Crippen LogP contribution in [0.2, 0.25) is 10.0 Å². The lowest BCUT2D eigenvalue weighted by Crippen LogP contribution is -2.35. The molecular weight excluding hydrogens is 355 g/mol. The van der Waals surface area contributed by atoms with E-state index < -0.39 is 22.5 Å². The van der Waals surface area contributed by atoms with Gasteiger partial charge in [-0.05, 0) is 31.5 Å². The van der Waals surface area contributed by atoms with Gasteiger partial charge in [0.15, 0.2) is 0 Å². The van der Waals surface area contributed by atoms with Gasteiger partial charge >= 0.3 is 17.1 Å². The van der Waals surface area contributed by atoms with Gasteiger partial charge in [0.25, 0.3) is 0 Å². The summed E-state index contributed by atoms with van der Waals surface area (Å²) < 4.78 is 5.05. The highest BCUT2D eigenvalue weighted by molar-refractivity contribution is 6.42. The fourth-order valence-corrected chi connectivity index (χ4v) is 3.44. The molecule has 0 amide bonds. The van der Waals surface area contributed by atoms with E-state index in [0.29, 0.717) is 32.6 Å². The number of nitrogens with one attached hydrogen (secondary N) is 2. The lowest BCUT2D eigenvalue weighted by Gasteiger charge is -2.25. The van der Waals surface area contributed by atoms with Crippen LogP contribution >= 0.6 is 23.2 Å². The highest BCUT2D eigenvalue weighted by Crippen LogP contribution is 2.50. The highest BCUT2D eigenvalue weighted by Gasteiger charge is 2.43. The summed E-state index contributed by atoms with van der Waals surface area (Å²) in [5.41, 5.74) is -0.264. The zero-order valence-corrected chi connectivity index (χ0v) is 14.5. The first-order valence-corrected chi connectivity index (χ1v) is 8.06. The van der Waals surface area contributed by atoms with Gasteiger partial charge in [-0.3, -0.25) is 14.4 Å². The number of carbonyl (C=O) groups excluding carboxylic acids is 1. The second-order valence-corrected chi connectivity index (χ2v) is 6.60. The number of rotatable bonds is 3. The smallest absolute Gasteiger partial charge is 0.314 e. The van der Waals surface area contributed by atoms with Crippen LogP contribution in [0.15, 0.2) is 21.7 Å². The molecule has 0 aliphatic heterocycles. The van der Waals surface area contributed by atoms with E-state index >= 15 is 0 Å². The van der Waals surface area contributed by atoms with Crippen molar-refractivity contribution in [2.45, 2.75) is 25.7 Å². The van der Waals surface area contributed by atoms with Gasteiger partial charge in [0, 0.05) is 11.0 Å². The Labute approximate surface area is 146 Å². The second kappa shape index (κ2) is 5.79. The summed E-state index contributed by atoms with van der Waals surface area (Å²) in [7, 11) is 0. The lowest BCUT2D eigenvalue weighted by molar-refractivity contribution is -0.144. The van der Waals surface area contributed by atoms with Gasteiger partial charge in [-0.25, -0.2) is 0 Å². The summed E-state index contributed by atoms with van der Waals surface area (Å²) in [5, 5.41) is 0.636. The Kier molecular flexibility index (Phi) is 4.05. The molecule has 24 heavy (non-hydrogen) atoms. The van der Waals surface area contributed by atoms with Crippen molar-refractivity contribution in [3.8, 4) is 11.3 Å². The number of hydrogen-bond donors (Lipinski definition) is 2. The molecule has 0 saturated carbocycles. The maximum absolute atomic E-state index is 12.1.